The molecule has 0 bridgehead atoms. The molecule has 1 aliphatic rings. The molecule has 8 heteroatoms. The number of aromatic nitrogens is 1. The highest BCUT2D eigenvalue weighted by molar-refractivity contribution is 7.89. The van der Waals surface area contributed by atoms with Gasteiger partial charge in [0.2, 0.25) is 10.0 Å². The number of hydrogen-bond acceptors (Lipinski definition) is 4. The Bertz CT molecular complexity index is 593. The van der Waals surface area contributed by atoms with Gasteiger partial charge in [0.25, 0.3) is 5.91 Å². The molecule has 106 valence electrons. The van der Waals surface area contributed by atoms with E-state index in [1.54, 1.807) is 7.05 Å². The highest BCUT2D eigenvalue weighted by atomic mass is 32.2. The Hall–Kier alpha value is -1.38. The Kier molecular flexibility index (Phi) is 3.66. The number of sulfonamides is 1. The molecule has 7 nitrogen and oxygen atoms in total. The fourth-order valence-electron chi connectivity index (χ4n) is 2.36. The van der Waals surface area contributed by atoms with E-state index in [0.29, 0.717) is 13.0 Å². The summed E-state index contributed by atoms with van der Waals surface area (Å²) in [5.41, 5.74) is 5.31. The van der Waals surface area contributed by atoms with Crippen LogP contribution in [0.5, 0.6) is 0 Å². The van der Waals surface area contributed by atoms with Gasteiger partial charge >= 0.3 is 0 Å². The molecule has 0 unspecified atom stereocenters. The van der Waals surface area contributed by atoms with Crippen molar-refractivity contribution in [3.63, 3.8) is 0 Å². The fraction of sp³-hybridized carbons (Fsp3) is 0.545. The van der Waals surface area contributed by atoms with E-state index in [9.17, 15) is 18.3 Å². The molecule has 1 saturated heterocycles. The normalized spacial score (nSPS) is 20.8. The number of nitrogens with two attached hydrogens (primary N) is 1. The fourth-order valence-corrected chi connectivity index (χ4v) is 4.12. The quantitative estimate of drug-likeness (QED) is 0.761. The molecule has 0 spiro atoms. The Balaban J connectivity index is 2.40. The summed E-state index contributed by atoms with van der Waals surface area (Å²) in [6.07, 6.45) is 2.73. The van der Waals surface area contributed by atoms with Crippen LogP contribution in [0.25, 0.3) is 0 Å². The number of aryl methyl sites for hydroxylation is 1. The van der Waals surface area contributed by atoms with E-state index in [1.165, 1.54) is 21.1 Å². The predicted octanol–water partition coefficient (Wildman–Crippen LogP) is -0.731. The highest BCUT2D eigenvalue weighted by Gasteiger charge is 2.35. The molecule has 0 aliphatic carbocycles. The number of nitrogens with zero attached hydrogens (tertiary/aromatic N) is 2. The molecular formula is C11H17N3O4S. The van der Waals surface area contributed by atoms with Crippen molar-refractivity contribution >= 4 is 15.9 Å². The topological polar surface area (TPSA) is 106 Å². The lowest BCUT2D eigenvalue weighted by atomic mass is 10.2. The molecule has 1 aromatic rings. The summed E-state index contributed by atoms with van der Waals surface area (Å²) in [6, 6.07) is 0.881. The number of aliphatic hydroxyl groups is 1. The van der Waals surface area contributed by atoms with Gasteiger partial charge in [-0.15, -0.1) is 0 Å². The first-order valence-corrected chi connectivity index (χ1v) is 7.41. The SMILES string of the molecule is Cn1cc(S(=O)(=O)N2CCC[C@@H]2CO)cc1C(N)=O. The first kappa shape index (κ1) is 14.0. The van der Waals surface area contributed by atoms with Gasteiger partial charge in [0, 0.05) is 25.8 Å². The summed E-state index contributed by atoms with van der Waals surface area (Å²) in [7, 11) is -2.13. The molecule has 2 rings (SSSR count). The van der Waals surface area contributed by atoms with Crippen molar-refractivity contribution in [1.82, 2.24) is 8.87 Å². The van der Waals surface area contributed by atoms with E-state index in [1.807, 2.05) is 0 Å². The van der Waals surface area contributed by atoms with Gasteiger partial charge in [0.1, 0.15) is 10.6 Å². The van der Waals surface area contributed by atoms with E-state index >= 15 is 0 Å². The molecule has 19 heavy (non-hydrogen) atoms. The first-order valence-electron chi connectivity index (χ1n) is 5.97. The van der Waals surface area contributed by atoms with Crippen molar-refractivity contribution in [3.8, 4) is 0 Å². The Morgan fingerprint density at radius 2 is 2.26 bits per heavy atom. The van der Waals surface area contributed by atoms with E-state index in [-0.39, 0.29) is 23.2 Å². The van der Waals surface area contributed by atoms with Crippen LogP contribution >= 0.6 is 0 Å². The minimum absolute atomic E-state index is 0.0316. The van der Waals surface area contributed by atoms with Crippen LogP contribution in [-0.2, 0) is 17.1 Å². The lowest BCUT2D eigenvalue weighted by Crippen LogP contribution is -2.37. The summed E-state index contributed by atoms with van der Waals surface area (Å²) >= 11 is 0. The molecule has 1 amide bonds. The van der Waals surface area contributed by atoms with Gasteiger partial charge in [-0.3, -0.25) is 4.79 Å². The third-order valence-electron chi connectivity index (χ3n) is 3.37. The number of primary amides is 1. The Labute approximate surface area is 111 Å². The molecule has 0 saturated carbocycles. The van der Waals surface area contributed by atoms with Crippen molar-refractivity contribution in [2.75, 3.05) is 13.2 Å². The average molecular weight is 287 g/mol. The number of hydrogen-bond donors (Lipinski definition) is 2. The van der Waals surface area contributed by atoms with Gasteiger partial charge in [-0.1, -0.05) is 0 Å². The van der Waals surface area contributed by atoms with E-state index in [2.05, 4.69) is 0 Å². The smallest absolute Gasteiger partial charge is 0.265 e. The third kappa shape index (κ3) is 2.38. The second-order valence-corrected chi connectivity index (χ2v) is 6.52. The molecule has 3 N–H and O–H groups in total. The first-order chi connectivity index (χ1) is 8.87. The summed E-state index contributed by atoms with van der Waals surface area (Å²) < 4.78 is 27.6. The van der Waals surface area contributed by atoms with Gasteiger partial charge in [0.15, 0.2) is 0 Å². The predicted molar refractivity (Wildman–Crippen MR) is 67.9 cm³/mol. The van der Waals surface area contributed by atoms with Crippen molar-refractivity contribution in [1.29, 1.82) is 0 Å². The zero-order valence-electron chi connectivity index (χ0n) is 10.6. The molecule has 1 aliphatic heterocycles. The van der Waals surface area contributed by atoms with Gasteiger partial charge in [-0.25, -0.2) is 8.42 Å². The maximum Gasteiger partial charge on any atom is 0.265 e. The minimum Gasteiger partial charge on any atom is -0.395 e. The second-order valence-electron chi connectivity index (χ2n) is 4.63. The Morgan fingerprint density at radius 3 is 2.79 bits per heavy atom. The van der Waals surface area contributed by atoms with Gasteiger partial charge in [0.05, 0.1) is 6.61 Å². The van der Waals surface area contributed by atoms with E-state index in [4.69, 9.17) is 5.73 Å². The van der Waals surface area contributed by atoms with E-state index < -0.39 is 15.9 Å². The number of amides is 1. The largest absolute Gasteiger partial charge is 0.395 e. The average Bonchev–Trinajstić information content (AvgIpc) is 2.94. The van der Waals surface area contributed by atoms with Crippen molar-refractivity contribution in [2.24, 2.45) is 12.8 Å². The van der Waals surface area contributed by atoms with Crippen LogP contribution in [0.3, 0.4) is 0 Å². The van der Waals surface area contributed by atoms with Gasteiger partial charge < -0.3 is 15.4 Å². The summed E-state index contributed by atoms with van der Waals surface area (Å²) in [6.45, 7) is 0.184. The molecule has 1 aromatic heterocycles. The molecule has 0 aromatic carbocycles. The third-order valence-corrected chi connectivity index (χ3v) is 5.29. The zero-order chi connectivity index (χ0) is 14.2. The summed E-state index contributed by atoms with van der Waals surface area (Å²) in [5, 5.41) is 9.21. The van der Waals surface area contributed by atoms with Crippen LogP contribution in [-0.4, -0.2) is 47.5 Å². The lowest BCUT2D eigenvalue weighted by Gasteiger charge is -2.21. The highest BCUT2D eigenvalue weighted by Crippen LogP contribution is 2.26. The number of carbonyl (C=O) groups is 1. The zero-order valence-corrected chi connectivity index (χ0v) is 11.4. The van der Waals surface area contributed by atoms with Crippen molar-refractivity contribution in [3.05, 3.63) is 18.0 Å². The van der Waals surface area contributed by atoms with Crippen LogP contribution in [0, 0.1) is 0 Å². The van der Waals surface area contributed by atoms with Crippen molar-refractivity contribution in [2.45, 2.75) is 23.8 Å². The van der Waals surface area contributed by atoms with Crippen LogP contribution in [0.1, 0.15) is 23.3 Å². The number of rotatable bonds is 4. The van der Waals surface area contributed by atoms with E-state index in [0.717, 1.165) is 6.42 Å². The number of aliphatic hydroxyl groups excluding tert-OH is 1. The van der Waals surface area contributed by atoms with Crippen LogP contribution in [0.2, 0.25) is 0 Å². The Morgan fingerprint density at radius 1 is 1.58 bits per heavy atom. The maximum atomic E-state index is 12.4. The lowest BCUT2D eigenvalue weighted by molar-refractivity contribution is 0.0992. The summed E-state index contributed by atoms with van der Waals surface area (Å²) in [4.78, 5) is 11.2. The molecule has 1 atom stereocenters. The summed E-state index contributed by atoms with van der Waals surface area (Å²) in [5.74, 6) is -0.677. The number of carbonyl (C=O) groups excluding carboxylic acids is 1. The maximum absolute atomic E-state index is 12.4. The van der Waals surface area contributed by atoms with Crippen LogP contribution in [0.15, 0.2) is 17.2 Å². The van der Waals surface area contributed by atoms with Gasteiger partial charge in [-0.2, -0.15) is 4.31 Å². The molecule has 1 fully saturated rings. The minimum atomic E-state index is -3.69. The van der Waals surface area contributed by atoms with Crippen LogP contribution < -0.4 is 5.73 Å². The molecule has 0 radical (unpaired) electrons. The monoisotopic (exact) mass is 287 g/mol. The standard InChI is InChI=1S/C11H17N3O4S/c1-13-6-9(5-10(13)11(12)16)19(17,18)14-4-2-3-8(14)7-15/h5-6,8,15H,2-4,7H2,1H3,(H2,12,16)/t8-/m1/s1. The molecular weight excluding hydrogens is 270 g/mol. The second kappa shape index (κ2) is 4.95. The van der Waals surface area contributed by atoms with Crippen molar-refractivity contribution < 1.29 is 18.3 Å². The van der Waals surface area contributed by atoms with Crippen LogP contribution in [0.4, 0.5) is 0 Å². The molecule has 2 heterocycles. The van der Waals surface area contributed by atoms with Gasteiger partial charge in [-0.05, 0) is 18.9 Å².